The highest BCUT2D eigenvalue weighted by Crippen LogP contribution is 2.28. The Kier molecular flexibility index (Phi) is 3.25. The number of rotatable bonds is 0. The summed E-state index contributed by atoms with van der Waals surface area (Å²) in [6.45, 7) is 0.277. The Morgan fingerprint density at radius 3 is 2.87 bits per heavy atom. The van der Waals surface area contributed by atoms with Crippen molar-refractivity contribution in [1.29, 1.82) is 0 Å². The SMILES string of the molecule is O=C1c2ccc3cc2CCC1NS(=O)(=O)c1cccc(c1)CO3. The van der Waals surface area contributed by atoms with E-state index in [1.165, 1.54) is 6.07 Å². The maximum absolute atomic E-state index is 12.6. The molecule has 6 rings (SSSR count). The monoisotopic (exact) mass is 329 g/mol. The molecule has 1 N–H and O–H groups in total. The molecule has 0 radical (unpaired) electrons. The van der Waals surface area contributed by atoms with Gasteiger partial charge in [-0.05, 0) is 54.3 Å². The predicted octanol–water partition coefficient (Wildman–Crippen LogP) is 2.05. The number of ether oxygens (including phenoxy) is 1. The summed E-state index contributed by atoms with van der Waals surface area (Å²) in [5.74, 6) is 0.507. The van der Waals surface area contributed by atoms with Crippen LogP contribution in [0.1, 0.15) is 27.9 Å². The zero-order valence-electron chi connectivity index (χ0n) is 12.3. The van der Waals surface area contributed by atoms with E-state index in [1.807, 2.05) is 12.1 Å². The highest BCUT2D eigenvalue weighted by molar-refractivity contribution is 7.89. The van der Waals surface area contributed by atoms with E-state index in [-0.39, 0.29) is 17.3 Å². The van der Waals surface area contributed by atoms with Gasteiger partial charge in [0.15, 0.2) is 5.78 Å². The quantitative estimate of drug-likeness (QED) is 0.803. The number of benzene rings is 2. The lowest BCUT2D eigenvalue weighted by molar-refractivity contribution is 0.0940. The molecule has 2 aromatic rings. The highest BCUT2D eigenvalue weighted by Gasteiger charge is 2.31. The van der Waals surface area contributed by atoms with Gasteiger partial charge in [0.05, 0.1) is 10.9 Å². The number of sulfonamides is 1. The molecule has 0 saturated heterocycles. The third kappa shape index (κ3) is 2.54. The lowest BCUT2D eigenvalue weighted by Gasteiger charge is -2.24. The first-order valence-electron chi connectivity index (χ1n) is 7.44. The molecule has 2 aromatic carbocycles. The van der Waals surface area contributed by atoms with Crippen molar-refractivity contribution in [3.05, 3.63) is 59.2 Å². The molecule has 0 spiro atoms. The Bertz CT molecular complexity index is 905. The van der Waals surface area contributed by atoms with E-state index < -0.39 is 16.1 Å². The Balaban J connectivity index is 1.87. The van der Waals surface area contributed by atoms with E-state index in [9.17, 15) is 13.2 Å². The minimum absolute atomic E-state index is 0.153. The van der Waals surface area contributed by atoms with Crippen LogP contribution in [0.15, 0.2) is 47.4 Å². The number of carbonyl (C=O) groups excluding carboxylic acids is 1. The van der Waals surface area contributed by atoms with Crippen LogP contribution in [0.25, 0.3) is 0 Å². The fraction of sp³-hybridized carbons (Fsp3) is 0.235. The number of hydrogen-bond acceptors (Lipinski definition) is 4. The van der Waals surface area contributed by atoms with Gasteiger partial charge in [-0.2, -0.15) is 0 Å². The number of hydrogen-bond donors (Lipinski definition) is 1. The minimum atomic E-state index is -3.74. The van der Waals surface area contributed by atoms with E-state index in [1.54, 1.807) is 24.3 Å². The van der Waals surface area contributed by atoms with Gasteiger partial charge in [0, 0.05) is 5.56 Å². The van der Waals surface area contributed by atoms with Gasteiger partial charge in [0.25, 0.3) is 0 Å². The summed E-state index contributed by atoms with van der Waals surface area (Å²) in [6.07, 6.45) is 1.09. The molecule has 5 nitrogen and oxygen atoms in total. The molecule has 0 aromatic heterocycles. The molecule has 1 atom stereocenters. The van der Waals surface area contributed by atoms with Crippen molar-refractivity contribution in [3.8, 4) is 5.75 Å². The van der Waals surface area contributed by atoms with Crippen molar-refractivity contribution < 1.29 is 17.9 Å². The molecule has 3 heterocycles. The summed E-state index contributed by atoms with van der Waals surface area (Å²) in [7, 11) is -3.74. The topological polar surface area (TPSA) is 72.5 Å². The predicted molar refractivity (Wildman–Crippen MR) is 84.0 cm³/mol. The number of carbonyl (C=O) groups is 1. The summed E-state index contributed by atoms with van der Waals surface area (Å²) in [5.41, 5.74) is 2.25. The molecule has 3 aliphatic heterocycles. The van der Waals surface area contributed by atoms with E-state index in [0.717, 1.165) is 11.1 Å². The standard InChI is InChI=1S/C17H15NO4S/c19-17-15-6-5-13-9-12(15)4-7-16(17)18-23(20,21)14-3-1-2-11(8-14)10-22-13/h1-3,5-6,8-9,16,18H,4,7,10H2. The molecule has 118 valence electrons. The Hall–Kier alpha value is -2.18. The fourth-order valence-corrected chi connectivity index (χ4v) is 4.36. The molecular formula is C17H15NO4S. The minimum Gasteiger partial charge on any atom is -0.489 e. The van der Waals surface area contributed by atoms with E-state index >= 15 is 0 Å². The average molecular weight is 329 g/mol. The van der Waals surface area contributed by atoms with Crippen LogP contribution in [-0.2, 0) is 23.1 Å². The highest BCUT2D eigenvalue weighted by atomic mass is 32.2. The number of aryl methyl sites for hydroxylation is 1. The number of ketones is 1. The van der Waals surface area contributed by atoms with Crippen LogP contribution in [-0.4, -0.2) is 20.2 Å². The first kappa shape index (κ1) is 14.4. The number of fused-ring (bicyclic) bond motifs is 2. The number of Topliss-reactive ketones (excluding diaryl/α,β-unsaturated/α-hetero) is 1. The second-order valence-corrected chi connectivity index (χ2v) is 7.55. The molecule has 1 unspecified atom stereocenters. The van der Waals surface area contributed by atoms with Crippen LogP contribution < -0.4 is 9.46 Å². The summed E-state index contributed by atoms with van der Waals surface area (Å²) >= 11 is 0. The van der Waals surface area contributed by atoms with Crippen LogP contribution in [0, 0.1) is 0 Å². The Morgan fingerprint density at radius 2 is 2.00 bits per heavy atom. The normalized spacial score (nSPS) is 21.9. The third-order valence-electron chi connectivity index (χ3n) is 4.27. The second-order valence-electron chi connectivity index (χ2n) is 5.83. The Morgan fingerprint density at radius 1 is 1.13 bits per heavy atom. The van der Waals surface area contributed by atoms with Crippen molar-refractivity contribution in [2.45, 2.75) is 30.4 Å². The molecule has 6 heteroatoms. The van der Waals surface area contributed by atoms with Gasteiger partial charge in [-0.1, -0.05) is 12.1 Å². The number of nitrogens with one attached hydrogen (secondary N) is 1. The maximum atomic E-state index is 12.6. The lowest BCUT2D eigenvalue weighted by atomic mass is 9.87. The van der Waals surface area contributed by atoms with Crippen molar-refractivity contribution in [1.82, 2.24) is 4.72 Å². The first-order chi connectivity index (χ1) is 11.0. The molecule has 1 aliphatic carbocycles. The van der Waals surface area contributed by atoms with Gasteiger partial charge in [-0.3, -0.25) is 4.79 Å². The van der Waals surface area contributed by atoms with Crippen molar-refractivity contribution in [2.75, 3.05) is 0 Å². The van der Waals surface area contributed by atoms with Crippen molar-refractivity contribution in [2.24, 2.45) is 0 Å². The second kappa shape index (κ2) is 5.18. The van der Waals surface area contributed by atoms with Crippen LogP contribution >= 0.6 is 0 Å². The molecular weight excluding hydrogens is 314 g/mol. The third-order valence-corrected chi connectivity index (χ3v) is 5.74. The molecule has 0 amide bonds. The van der Waals surface area contributed by atoms with Crippen LogP contribution in [0.4, 0.5) is 0 Å². The van der Waals surface area contributed by atoms with E-state index in [0.29, 0.717) is 24.2 Å². The Labute approximate surface area is 134 Å². The zero-order valence-corrected chi connectivity index (χ0v) is 13.1. The van der Waals surface area contributed by atoms with Crippen molar-refractivity contribution in [3.63, 3.8) is 0 Å². The van der Waals surface area contributed by atoms with Crippen LogP contribution in [0.3, 0.4) is 0 Å². The van der Waals surface area contributed by atoms with Gasteiger partial charge in [-0.25, -0.2) is 13.1 Å². The van der Waals surface area contributed by atoms with Crippen molar-refractivity contribution >= 4 is 15.8 Å². The smallest absolute Gasteiger partial charge is 0.241 e. The lowest BCUT2D eigenvalue weighted by Crippen LogP contribution is -2.43. The van der Waals surface area contributed by atoms with E-state index in [4.69, 9.17) is 4.74 Å². The van der Waals surface area contributed by atoms with E-state index in [2.05, 4.69) is 4.72 Å². The van der Waals surface area contributed by atoms with Gasteiger partial charge in [-0.15, -0.1) is 0 Å². The molecule has 4 aliphatic rings. The summed E-state index contributed by atoms with van der Waals surface area (Å²) in [6, 6.07) is 11.2. The zero-order chi connectivity index (χ0) is 16.0. The summed E-state index contributed by atoms with van der Waals surface area (Å²) in [5, 5.41) is 0. The summed E-state index contributed by atoms with van der Waals surface area (Å²) < 4.78 is 33.4. The van der Waals surface area contributed by atoms with Crippen LogP contribution in [0.5, 0.6) is 5.75 Å². The van der Waals surface area contributed by atoms with Gasteiger partial charge < -0.3 is 4.74 Å². The van der Waals surface area contributed by atoms with Gasteiger partial charge >= 0.3 is 0 Å². The largest absolute Gasteiger partial charge is 0.489 e. The first-order valence-corrected chi connectivity index (χ1v) is 8.92. The molecule has 6 bridgehead atoms. The molecule has 0 fully saturated rings. The molecule has 0 saturated carbocycles. The fourth-order valence-electron chi connectivity index (χ4n) is 3.06. The van der Waals surface area contributed by atoms with Gasteiger partial charge in [0.1, 0.15) is 12.4 Å². The van der Waals surface area contributed by atoms with Crippen LogP contribution in [0.2, 0.25) is 0 Å². The van der Waals surface area contributed by atoms with Gasteiger partial charge in [0.2, 0.25) is 10.0 Å². The average Bonchev–Trinajstić information content (AvgIpc) is 2.56. The summed E-state index contributed by atoms with van der Waals surface area (Å²) in [4.78, 5) is 12.7. The molecule has 23 heavy (non-hydrogen) atoms. The maximum Gasteiger partial charge on any atom is 0.241 e.